The lowest BCUT2D eigenvalue weighted by molar-refractivity contribution is -0.111. The first-order valence-electron chi connectivity index (χ1n) is 4.17. The summed E-state index contributed by atoms with van der Waals surface area (Å²) in [6.45, 7) is 0. The highest BCUT2D eigenvalue weighted by Gasteiger charge is 2.13. The molecule has 1 aromatic rings. The lowest BCUT2D eigenvalue weighted by atomic mass is 10.1. The Morgan fingerprint density at radius 3 is 2.53 bits per heavy atom. The number of ether oxygens (including phenoxy) is 2. The number of halogens is 2. The molecule has 0 amide bonds. The largest absolute Gasteiger partial charge is 0.493 e. The minimum absolute atomic E-state index is 0.195. The highest BCUT2D eigenvalue weighted by molar-refractivity contribution is 14.1. The predicted molar refractivity (Wildman–Crippen MR) is 66.8 cm³/mol. The minimum Gasteiger partial charge on any atom is -0.493 e. The van der Waals surface area contributed by atoms with Gasteiger partial charge in [-0.1, -0.05) is 6.07 Å². The molecule has 1 rings (SSSR count). The van der Waals surface area contributed by atoms with E-state index in [0.717, 1.165) is 9.13 Å². The van der Waals surface area contributed by atoms with Gasteiger partial charge in [-0.15, -0.1) is 0 Å². The Balaban J connectivity index is 3.16. The van der Waals surface area contributed by atoms with Gasteiger partial charge in [0.1, 0.15) is 0 Å². The van der Waals surface area contributed by atoms with Crippen LogP contribution in [0.1, 0.15) is 5.56 Å². The smallest absolute Gasteiger partial charge is 0.226 e. The number of benzene rings is 1. The summed E-state index contributed by atoms with van der Waals surface area (Å²) < 4.78 is 11.2. The summed E-state index contributed by atoms with van der Waals surface area (Å²) in [6, 6.07) is 3.57. The number of carbonyl (C=O) groups is 1. The fraction of sp³-hybridized carbons (Fsp3) is 0.300. The molecule has 15 heavy (non-hydrogen) atoms. The van der Waals surface area contributed by atoms with Gasteiger partial charge in [-0.3, -0.25) is 4.79 Å². The van der Waals surface area contributed by atoms with Gasteiger partial charge >= 0.3 is 0 Å². The van der Waals surface area contributed by atoms with E-state index in [4.69, 9.17) is 21.1 Å². The van der Waals surface area contributed by atoms with Gasteiger partial charge in [-0.25, -0.2) is 0 Å². The zero-order chi connectivity index (χ0) is 11.4. The average molecular weight is 341 g/mol. The van der Waals surface area contributed by atoms with Crippen LogP contribution in [0.2, 0.25) is 0 Å². The van der Waals surface area contributed by atoms with Gasteiger partial charge in [-0.05, 0) is 45.8 Å². The van der Waals surface area contributed by atoms with E-state index in [9.17, 15) is 4.79 Å². The average Bonchev–Trinajstić information content (AvgIpc) is 2.20. The Labute approximate surface area is 107 Å². The second kappa shape index (κ2) is 5.55. The van der Waals surface area contributed by atoms with Crippen molar-refractivity contribution in [2.75, 3.05) is 14.2 Å². The van der Waals surface area contributed by atoms with Crippen LogP contribution in [-0.4, -0.2) is 19.5 Å². The molecule has 0 aliphatic rings. The van der Waals surface area contributed by atoms with Crippen LogP contribution in [0.15, 0.2) is 12.1 Å². The molecule has 0 aliphatic carbocycles. The van der Waals surface area contributed by atoms with E-state index >= 15 is 0 Å². The van der Waals surface area contributed by atoms with Crippen molar-refractivity contribution in [2.45, 2.75) is 6.42 Å². The second-order valence-corrected chi connectivity index (χ2v) is 4.31. The molecule has 5 heteroatoms. The molecule has 0 saturated carbocycles. The van der Waals surface area contributed by atoms with Crippen molar-refractivity contribution in [3.05, 3.63) is 21.3 Å². The van der Waals surface area contributed by atoms with E-state index in [1.165, 1.54) is 0 Å². The van der Waals surface area contributed by atoms with Crippen molar-refractivity contribution in [1.82, 2.24) is 0 Å². The molecule has 0 fully saturated rings. The summed E-state index contributed by atoms with van der Waals surface area (Å²) in [5.41, 5.74) is 0.841. The van der Waals surface area contributed by atoms with Crippen LogP contribution in [-0.2, 0) is 11.2 Å². The lowest BCUT2D eigenvalue weighted by Crippen LogP contribution is -2.00. The molecule has 0 unspecified atom stereocenters. The molecule has 0 heterocycles. The quantitative estimate of drug-likeness (QED) is 0.624. The molecule has 0 radical (unpaired) electrons. The highest BCUT2D eigenvalue weighted by atomic mass is 127. The van der Waals surface area contributed by atoms with Crippen LogP contribution in [0.25, 0.3) is 0 Å². The van der Waals surface area contributed by atoms with E-state index < -0.39 is 0 Å². The van der Waals surface area contributed by atoms with E-state index in [-0.39, 0.29) is 11.7 Å². The Bertz CT molecular complexity index is 379. The SMILES string of the molecule is COc1ccc(CC(=O)Cl)c(I)c1OC. The summed E-state index contributed by atoms with van der Waals surface area (Å²) in [7, 11) is 3.13. The normalized spacial score (nSPS) is 9.87. The Morgan fingerprint density at radius 1 is 1.40 bits per heavy atom. The van der Waals surface area contributed by atoms with Gasteiger partial charge < -0.3 is 9.47 Å². The fourth-order valence-electron chi connectivity index (χ4n) is 1.22. The maximum absolute atomic E-state index is 10.8. The van der Waals surface area contributed by atoms with Gasteiger partial charge in [0.2, 0.25) is 5.24 Å². The van der Waals surface area contributed by atoms with Crippen LogP contribution < -0.4 is 9.47 Å². The van der Waals surface area contributed by atoms with Crippen molar-refractivity contribution < 1.29 is 14.3 Å². The first kappa shape index (κ1) is 12.6. The second-order valence-electron chi connectivity index (χ2n) is 2.81. The molecule has 82 valence electrons. The van der Waals surface area contributed by atoms with Gasteiger partial charge in [0.25, 0.3) is 0 Å². The molecule has 0 N–H and O–H groups in total. The van der Waals surface area contributed by atoms with Crippen molar-refractivity contribution in [2.24, 2.45) is 0 Å². The summed E-state index contributed by atoms with van der Waals surface area (Å²) in [5, 5.41) is -0.389. The molecule has 0 saturated heterocycles. The molecule has 3 nitrogen and oxygen atoms in total. The molecule has 0 atom stereocenters. The number of methoxy groups -OCH3 is 2. The van der Waals surface area contributed by atoms with E-state index in [1.54, 1.807) is 20.3 Å². The number of hydrogen-bond donors (Lipinski definition) is 0. The third-order valence-corrected chi connectivity index (χ3v) is 3.21. The molecule has 0 aromatic heterocycles. The topological polar surface area (TPSA) is 35.5 Å². The maximum Gasteiger partial charge on any atom is 0.226 e. The zero-order valence-electron chi connectivity index (χ0n) is 8.34. The Kier molecular flexibility index (Phi) is 4.66. The molecule has 0 aliphatic heterocycles. The van der Waals surface area contributed by atoms with E-state index in [2.05, 4.69) is 22.6 Å². The summed E-state index contributed by atoms with van der Waals surface area (Å²) >= 11 is 7.45. The molecule has 0 spiro atoms. The third-order valence-electron chi connectivity index (χ3n) is 1.89. The van der Waals surface area contributed by atoms with Crippen molar-refractivity contribution >= 4 is 39.4 Å². The summed E-state index contributed by atoms with van der Waals surface area (Å²) in [4.78, 5) is 10.8. The van der Waals surface area contributed by atoms with Crippen LogP contribution in [0, 0.1) is 3.57 Å². The summed E-state index contributed by atoms with van der Waals surface area (Å²) in [5.74, 6) is 1.28. The first-order valence-corrected chi connectivity index (χ1v) is 5.63. The summed E-state index contributed by atoms with van der Waals surface area (Å²) in [6.07, 6.45) is 0.195. The van der Waals surface area contributed by atoms with Gasteiger partial charge in [0, 0.05) is 6.42 Å². The van der Waals surface area contributed by atoms with Crippen LogP contribution in [0.4, 0.5) is 0 Å². The lowest BCUT2D eigenvalue weighted by Gasteiger charge is -2.11. The highest BCUT2D eigenvalue weighted by Crippen LogP contribution is 2.34. The van der Waals surface area contributed by atoms with Crippen LogP contribution >= 0.6 is 34.2 Å². The van der Waals surface area contributed by atoms with Crippen molar-refractivity contribution in [1.29, 1.82) is 0 Å². The molecular weight excluding hydrogens is 330 g/mol. The van der Waals surface area contributed by atoms with E-state index in [1.807, 2.05) is 6.07 Å². The predicted octanol–water partition coefficient (Wildman–Crippen LogP) is 2.62. The molecule has 0 bridgehead atoms. The maximum atomic E-state index is 10.8. The van der Waals surface area contributed by atoms with Crippen LogP contribution in [0.3, 0.4) is 0 Å². The zero-order valence-corrected chi connectivity index (χ0v) is 11.3. The number of rotatable bonds is 4. The minimum atomic E-state index is -0.389. The number of carbonyl (C=O) groups excluding carboxylic acids is 1. The standard InChI is InChI=1S/C10H10ClIO3/c1-14-7-4-3-6(5-8(11)13)9(12)10(7)15-2/h3-4H,5H2,1-2H3. The van der Waals surface area contributed by atoms with E-state index in [0.29, 0.717) is 11.5 Å². The Morgan fingerprint density at radius 2 is 2.07 bits per heavy atom. The number of hydrogen-bond acceptors (Lipinski definition) is 3. The monoisotopic (exact) mass is 340 g/mol. The Hall–Kier alpha value is -0.490. The van der Waals surface area contributed by atoms with Crippen LogP contribution in [0.5, 0.6) is 11.5 Å². The third kappa shape index (κ3) is 2.98. The van der Waals surface area contributed by atoms with Gasteiger partial charge in [0.05, 0.1) is 17.8 Å². The van der Waals surface area contributed by atoms with Gasteiger partial charge in [-0.2, -0.15) is 0 Å². The van der Waals surface area contributed by atoms with Gasteiger partial charge in [0.15, 0.2) is 11.5 Å². The molecular formula is C10H10ClIO3. The van der Waals surface area contributed by atoms with Crippen molar-refractivity contribution in [3.8, 4) is 11.5 Å². The molecule has 1 aromatic carbocycles. The fourth-order valence-corrected chi connectivity index (χ4v) is 2.22. The van der Waals surface area contributed by atoms with Crippen molar-refractivity contribution in [3.63, 3.8) is 0 Å². The first-order chi connectivity index (χ1) is 7.10.